The molecule has 0 amide bonds. The van der Waals surface area contributed by atoms with Crippen LogP contribution < -0.4 is 10.1 Å². The number of rotatable bonds is 3. The fraction of sp³-hybridized carbons (Fsp3) is 0.526. The topological polar surface area (TPSA) is 59.9 Å². The highest BCUT2D eigenvalue weighted by Gasteiger charge is 2.41. The van der Waals surface area contributed by atoms with Crippen LogP contribution in [0.1, 0.15) is 46.0 Å². The number of anilines is 1. The van der Waals surface area contributed by atoms with Gasteiger partial charge in [-0.05, 0) is 24.8 Å². The zero-order valence-electron chi connectivity index (χ0n) is 14.8. The lowest BCUT2D eigenvalue weighted by Gasteiger charge is -2.40. The summed E-state index contributed by atoms with van der Waals surface area (Å²) in [6.07, 6.45) is 5.44. The maximum Gasteiger partial charge on any atom is 0.247 e. The number of ether oxygens (including phenoxy) is 1. The molecule has 1 fully saturated rings. The fourth-order valence-corrected chi connectivity index (χ4v) is 4.39. The molecule has 4 rings (SSSR count). The zero-order valence-corrected chi connectivity index (χ0v) is 15.6. The normalized spacial score (nSPS) is 24.6. The van der Waals surface area contributed by atoms with E-state index >= 15 is 0 Å². The summed E-state index contributed by atoms with van der Waals surface area (Å²) >= 11 is 1.63. The SMILES string of the molecule is CCCSc1nnc2c(n1)O[C@]1(CCC[C@@H](C)C1)Nc1ccccc1-2. The summed E-state index contributed by atoms with van der Waals surface area (Å²) in [6.45, 7) is 4.45. The molecule has 1 N–H and O–H groups in total. The maximum absolute atomic E-state index is 6.52. The van der Waals surface area contributed by atoms with E-state index < -0.39 is 5.72 Å². The zero-order chi connectivity index (χ0) is 17.3. The third kappa shape index (κ3) is 3.32. The van der Waals surface area contributed by atoms with E-state index in [1.807, 2.05) is 12.1 Å². The number of hydrogen-bond acceptors (Lipinski definition) is 6. The van der Waals surface area contributed by atoms with E-state index in [0.29, 0.717) is 17.0 Å². The third-order valence-corrected chi connectivity index (χ3v) is 5.91. The van der Waals surface area contributed by atoms with Gasteiger partial charge in [0.2, 0.25) is 11.0 Å². The van der Waals surface area contributed by atoms with Gasteiger partial charge >= 0.3 is 0 Å². The molecule has 0 radical (unpaired) electrons. The summed E-state index contributed by atoms with van der Waals surface area (Å²) in [6, 6.07) is 8.22. The first-order valence-electron chi connectivity index (χ1n) is 9.13. The number of benzene rings is 1. The third-order valence-electron chi connectivity index (χ3n) is 4.86. The van der Waals surface area contributed by atoms with Crippen LogP contribution >= 0.6 is 11.8 Å². The molecular formula is C19H24N4OS. The minimum atomic E-state index is -0.401. The summed E-state index contributed by atoms with van der Waals surface area (Å²) in [5.41, 5.74) is 2.40. The van der Waals surface area contributed by atoms with Crippen molar-refractivity contribution in [2.45, 2.75) is 56.8 Å². The molecule has 2 aromatic rings. The first kappa shape index (κ1) is 16.6. The molecule has 2 atom stereocenters. The molecule has 25 heavy (non-hydrogen) atoms. The van der Waals surface area contributed by atoms with Gasteiger partial charge in [-0.2, -0.15) is 4.98 Å². The van der Waals surface area contributed by atoms with Gasteiger partial charge in [-0.15, -0.1) is 10.2 Å². The molecule has 2 aliphatic rings. The van der Waals surface area contributed by atoms with Crippen molar-refractivity contribution < 1.29 is 4.74 Å². The quantitative estimate of drug-likeness (QED) is 0.801. The molecular weight excluding hydrogens is 332 g/mol. The van der Waals surface area contributed by atoms with Crippen molar-refractivity contribution in [3.63, 3.8) is 0 Å². The van der Waals surface area contributed by atoms with Crippen LogP contribution in [0.15, 0.2) is 29.4 Å². The Hall–Kier alpha value is -1.82. The molecule has 1 saturated carbocycles. The molecule has 6 heteroatoms. The molecule has 1 aromatic carbocycles. The molecule has 2 heterocycles. The molecule has 0 bridgehead atoms. The number of thioether (sulfide) groups is 1. The van der Waals surface area contributed by atoms with Crippen LogP contribution in [0.25, 0.3) is 11.3 Å². The number of hydrogen-bond donors (Lipinski definition) is 1. The Morgan fingerprint density at radius 2 is 2.20 bits per heavy atom. The summed E-state index contributed by atoms with van der Waals surface area (Å²) in [4.78, 5) is 4.71. The van der Waals surface area contributed by atoms with Crippen LogP contribution in [0.5, 0.6) is 5.88 Å². The largest absolute Gasteiger partial charge is 0.449 e. The number of aromatic nitrogens is 3. The highest BCUT2D eigenvalue weighted by molar-refractivity contribution is 7.99. The minimum Gasteiger partial charge on any atom is -0.449 e. The number of nitrogens with one attached hydrogen (secondary N) is 1. The van der Waals surface area contributed by atoms with E-state index in [2.05, 4.69) is 41.5 Å². The van der Waals surface area contributed by atoms with Crippen LogP contribution in [-0.2, 0) is 0 Å². The lowest BCUT2D eigenvalue weighted by molar-refractivity contribution is 0.0343. The Labute approximate surface area is 153 Å². The lowest BCUT2D eigenvalue weighted by atomic mass is 9.84. The van der Waals surface area contributed by atoms with Crippen LogP contribution in [-0.4, -0.2) is 26.7 Å². The second kappa shape index (κ2) is 6.83. The van der Waals surface area contributed by atoms with E-state index in [-0.39, 0.29) is 0 Å². The number of nitrogens with zero attached hydrogens (tertiary/aromatic N) is 3. The van der Waals surface area contributed by atoms with Gasteiger partial charge in [-0.3, -0.25) is 0 Å². The van der Waals surface area contributed by atoms with Crippen LogP contribution in [0.3, 0.4) is 0 Å². The van der Waals surface area contributed by atoms with Gasteiger partial charge in [-0.25, -0.2) is 0 Å². The van der Waals surface area contributed by atoms with Gasteiger partial charge in [0.1, 0.15) is 0 Å². The average Bonchev–Trinajstić information content (AvgIpc) is 2.73. The molecule has 0 unspecified atom stereocenters. The van der Waals surface area contributed by atoms with Gasteiger partial charge in [0.05, 0.1) is 0 Å². The van der Waals surface area contributed by atoms with Crippen molar-refractivity contribution in [1.82, 2.24) is 15.2 Å². The van der Waals surface area contributed by atoms with Crippen LogP contribution in [0, 0.1) is 5.92 Å². The smallest absolute Gasteiger partial charge is 0.247 e. The van der Waals surface area contributed by atoms with Crippen LogP contribution in [0.4, 0.5) is 5.69 Å². The van der Waals surface area contributed by atoms with Crippen molar-refractivity contribution in [3.05, 3.63) is 24.3 Å². The molecule has 1 aliphatic heterocycles. The second-order valence-corrected chi connectivity index (χ2v) is 8.13. The Morgan fingerprint density at radius 1 is 1.32 bits per heavy atom. The number of para-hydroxylation sites is 1. The lowest BCUT2D eigenvalue weighted by Crippen LogP contribution is -2.47. The Kier molecular flexibility index (Phi) is 4.54. The van der Waals surface area contributed by atoms with E-state index in [1.54, 1.807) is 11.8 Å². The Balaban J connectivity index is 1.79. The molecule has 132 valence electrons. The molecule has 5 nitrogen and oxygen atoms in total. The standard InChI is InChI=1S/C19H24N4OS/c1-3-11-25-18-20-17-16(22-23-18)14-8-4-5-9-15(14)21-19(24-17)10-6-7-13(2)12-19/h4-5,8-9,13,21H,3,6-7,10-12H2,1-2H3/t13-,19+/m1/s1. The van der Waals surface area contributed by atoms with Crippen molar-refractivity contribution >= 4 is 17.4 Å². The van der Waals surface area contributed by atoms with Gasteiger partial charge in [-0.1, -0.05) is 50.2 Å². The van der Waals surface area contributed by atoms with Gasteiger partial charge in [0.25, 0.3) is 0 Å². The Bertz CT molecular complexity index is 769. The van der Waals surface area contributed by atoms with Crippen molar-refractivity contribution in [1.29, 1.82) is 0 Å². The summed E-state index contributed by atoms with van der Waals surface area (Å²) < 4.78 is 6.52. The second-order valence-electron chi connectivity index (χ2n) is 7.07. The predicted molar refractivity (Wildman–Crippen MR) is 101 cm³/mol. The van der Waals surface area contributed by atoms with Gasteiger partial charge < -0.3 is 10.1 Å². The molecule has 1 aromatic heterocycles. The maximum atomic E-state index is 6.52. The minimum absolute atomic E-state index is 0.401. The highest BCUT2D eigenvalue weighted by atomic mass is 32.2. The molecule has 0 saturated heterocycles. The number of fused-ring (bicyclic) bond motifs is 3. The monoisotopic (exact) mass is 356 g/mol. The summed E-state index contributed by atoms with van der Waals surface area (Å²) in [7, 11) is 0. The highest BCUT2D eigenvalue weighted by Crippen LogP contribution is 2.44. The van der Waals surface area contributed by atoms with Gasteiger partial charge in [0.15, 0.2) is 11.4 Å². The van der Waals surface area contributed by atoms with Crippen LogP contribution in [0.2, 0.25) is 0 Å². The van der Waals surface area contributed by atoms with E-state index in [1.165, 1.54) is 6.42 Å². The van der Waals surface area contributed by atoms with Crippen molar-refractivity contribution in [2.75, 3.05) is 11.1 Å². The summed E-state index contributed by atoms with van der Waals surface area (Å²) in [5, 5.41) is 13.2. The Morgan fingerprint density at radius 3 is 3.04 bits per heavy atom. The average molecular weight is 356 g/mol. The fourth-order valence-electron chi connectivity index (χ4n) is 3.76. The first-order valence-corrected chi connectivity index (χ1v) is 10.1. The predicted octanol–water partition coefficient (Wildman–Crippen LogP) is 4.75. The van der Waals surface area contributed by atoms with Gasteiger partial charge in [0, 0.05) is 29.8 Å². The van der Waals surface area contributed by atoms with Crippen molar-refractivity contribution in [3.8, 4) is 17.1 Å². The first-order chi connectivity index (χ1) is 12.2. The van der Waals surface area contributed by atoms with Crippen molar-refractivity contribution in [2.24, 2.45) is 5.92 Å². The molecule has 1 spiro atoms. The molecule has 1 aliphatic carbocycles. The summed E-state index contributed by atoms with van der Waals surface area (Å²) in [5.74, 6) is 2.22. The van der Waals surface area contributed by atoms with E-state index in [4.69, 9.17) is 9.72 Å². The van der Waals surface area contributed by atoms with E-state index in [0.717, 1.165) is 48.4 Å². The van der Waals surface area contributed by atoms with E-state index in [9.17, 15) is 0 Å².